The predicted octanol–water partition coefficient (Wildman–Crippen LogP) is 3.32. The van der Waals surface area contributed by atoms with Crippen LogP contribution in [-0.2, 0) is 14.8 Å². The molecule has 0 bridgehead atoms. The molecule has 2 aromatic rings. The summed E-state index contributed by atoms with van der Waals surface area (Å²) in [5, 5.41) is 9.27. The summed E-state index contributed by atoms with van der Waals surface area (Å²) in [7, 11) is -3.87. The maximum atomic E-state index is 12.9. The van der Waals surface area contributed by atoms with E-state index in [2.05, 4.69) is 0 Å². The van der Waals surface area contributed by atoms with E-state index in [1.165, 1.54) is 18.2 Å². The number of halogens is 1. The average molecular weight is 354 g/mol. The largest absolute Gasteiger partial charge is 0.481 e. The minimum atomic E-state index is -3.87. The minimum Gasteiger partial charge on any atom is -0.481 e. The van der Waals surface area contributed by atoms with Crippen LogP contribution in [0.2, 0.25) is 5.02 Å². The second kappa shape index (κ2) is 7.02. The summed E-state index contributed by atoms with van der Waals surface area (Å²) in [6, 6.07) is 12.7. The third kappa shape index (κ3) is 4.24. The van der Waals surface area contributed by atoms with Crippen molar-refractivity contribution in [1.82, 2.24) is 0 Å². The van der Waals surface area contributed by atoms with Gasteiger partial charge in [-0.25, -0.2) is 8.42 Å². The van der Waals surface area contributed by atoms with Gasteiger partial charge in [-0.3, -0.25) is 9.10 Å². The molecule has 0 atom stereocenters. The lowest BCUT2D eigenvalue weighted by molar-refractivity contribution is -0.136. The number of aliphatic carboxylic acids is 1. The first-order valence-corrected chi connectivity index (χ1v) is 8.69. The zero-order chi connectivity index (χ0) is 17.0. The van der Waals surface area contributed by atoms with Gasteiger partial charge in [-0.1, -0.05) is 35.4 Å². The molecule has 122 valence electrons. The van der Waals surface area contributed by atoms with Gasteiger partial charge in [0.05, 0.1) is 17.0 Å². The second-order valence-corrected chi connectivity index (χ2v) is 7.31. The lowest BCUT2D eigenvalue weighted by atomic mass is 10.2. The molecular weight excluding hydrogens is 338 g/mol. The molecule has 23 heavy (non-hydrogen) atoms. The summed E-state index contributed by atoms with van der Waals surface area (Å²) < 4.78 is 26.8. The SMILES string of the molecule is Cc1ccc(S(=O)(=O)N(CCC(=O)O)c2cccc(Cl)c2)cc1. The Kier molecular flexibility index (Phi) is 5.28. The van der Waals surface area contributed by atoms with Gasteiger partial charge in [0, 0.05) is 11.6 Å². The molecule has 7 heteroatoms. The number of carboxylic acid groups (broad SMARTS) is 1. The van der Waals surface area contributed by atoms with Crippen molar-refractivity contribution in [2.24, 2.45) is 0 Å². The highest BCUT2D eigenvalue weighted by molar-refractivity contribution is 7.92. The van der Waals surface area contributed by atoms with E-state index in [0.29, 0.717) is 10.7 Å². The summed E-state index contributed by atoms with van der Waals surface area (Å²) in [5.74, 6) is -1.07. The summed E-state index contributed by atoms with van der Waals surface area (Å²) >= 11 is 5.93. The Morgan fingerprint density at radius 2 is 1.83 bits per heavy atom. The number of sulfonamides is 1. The zero-order valence-electron chi connectivity index (χ0n) is 12.4. The molecule has 0 saturated carbocycles. The van der Waals surface area contributed by atoms with Crippen LogP contribution in [0.5, 0.6) is 0 Å². The number of hydrogen-bond donors (Lipinski definition) is 1. The molecule has 0 fully saturated rings. The van der Waals surface area contributed by atoms with Crippen LogP contribution in [-0.4, -0.2) is 26.0 Å². The van der Waals surface area contributed by atoms with Crippen molar-refractivity contribution in [2.75, 3.05) is 10.8 Å². The molecule has 0 aliphatic rings. The zero-order valence-corrected chi connectivity index (χ0v) is 14.0. The smallest absolute Gasteiger partial charge is 0.305 e. The molecule has 0 saturated heterocycles. The van der Waals surface area contributed by atoms with Crippen molar-refractivity contribution in [2.45, 2.75) is 18.2 Å². The van der Waals surface area contributed by atoms with Crippen LogP contribution in [0.15, 0.2) is 53.4 Å². The van der Waals surface area contributed by atoms with Crippen LogP contribution in [0.1, 0.15) is 12.0 Å². The minimum absolute atomic E-state index is 0.105. The number of aryl methyl sites for hydroxylation is 1. The van der Waals surface area contributed by atoms with Gasteiger partial charge < -0.3 is 5.11 Å². The highest BCUT2D eigenvalue weighted by Crippen LogP contribution is 2.26. The highest BCUT2D eigenvalue weighted by Gasteiger charge is 2.25. The molecule has 0 spiro atoms. The Morgan fingerprint density at radius 3 is 2.39 bits per heavy atom. The van der Waals surface area contributed by atoms with Gasteiger partial charge in [0.25, 0.3) is 10.0 Å². The standard InChI is InChI=1S/C16H16ClNO4S/c1-12-5-7-15(8-6-12)23(21,22)18(10-9-16(19)20)14-4-2-3-13(17)11-14/h2-8,11H,9-10H2,1H3,(H,19,20). The van der Waals surface area contributed by atoms with Gasteiger partial charge in [0.2, 0.25) is 0 Å². The van der Waals surface area contributed by atoms with Crippen LogP contribution in [0.25, 0.3) is 0 Å². The van der Waals surface area contributed by atoms with E-state index in [1.807, 2.05) is 6.92 Å². The summed E-state index contributed by atoms with van der Waals surface area (Å²) in [4.78, 5) is 11.0. The van der Waals surface area contributed by atoms with Crippen molar-refractivity contribution in [3.8, 4) is 0 Å². The maximum absolute atomic E-state index is 12.9. The van der Waals surface area contributed by atoms with Gasteiger partial charge >= 0.3 is 5.97 Å². The molecular formula is C16H16ClNO4S. The number of hydrogen-bond acceptors (Lipinski definition) is 3. The molecule has 0 aromatic heterocycles. The Hall–Kier alpha value is -2.05. The molecule has 0 aliphatic carbocycles. The highest BCUT2D eigenvalue weighted by atomic mass is 35.5. The van der Waals surface area contributed by atoms with Crippen molar-refractivity contribution < 1.29 is 18.3 Å². The molecule has 0 aliphatic heterocycles. The second-order valence-electron chi connectivity index (χ2n) is 5.01. The first kappa shape index (κ1) is 17.3. The van der Waals surface area contributed by atoms with Crippen molar-refractivity contribution >= 4 is 33.3 Å². The number of carbonyl (C=O) groups is 1. The normalized spacial score (nSPS) is 11.2. The molecule has 1 N–H and O–H groups in total. The topological polar surface area (TPSA) is 74.7 Å². The number of carboxylic acids is 1. The number of benzene rings is 2. The van der Waals surface area contributed by atoms with E-state index >= 15 is 0 Å². The molecule has 0 unspecified atom stereocenters. The van der Waals surface area contributed by atoms with Crippen molar-refractivity contribution in [3.05, 3.63) is 59.1 Å². The Morgan fingerprint density at radius 1 is 1.17 bits per heavy atom. The summed E-state index contributed by atoms with van der Waals surface area (Å²) in [6.07, 6.45) is -0.308. The maximum Gasteiger partial charge on any atom is 0.305 e. The number of rotatable bonds is 6. The summed E-state index contributed by atoms with van der Waals surface area (Å²) in [6.45, 7) is 1.68. The lowest BCUT2D eigenvalue weighted by Gasteiger charge is -2.24. The van der Waals surface area contributed by atoms with E-state index in [1.54, 1.807) is 30.3 Å². The first-order chi connectivity index (χ1) is 10.8. The third-order valence-electron chi connectivity index (χ3n) is 3.23. The molecule has 0 amide bonds. The Labute approximate surface area is 140 Å². The summed E-state index contributed by atoms with van der Waals surface area (Å²) in [5.41, 5.74) is 1.27. The van der Waals surface area contributed by atoms with E-state index in [9.17, 15) is 13.2 Å². The van der Waals surface area contributed by atoms with E-state index < -0.39 is 16.0 Å². The van der Waals surface area contributed by atoms with Gasteiger partial charge in [-0.05, 0) is 37.3 Å². The molecule has 2 aromatic carbocycles. The Balaban J connectivity index is 2.47. The van der Waals surface area contributed by atoms with Gasteiger partial charge in [0.1, 0.15) is 0 Å². The fourth-order valence-corrected chi connectivity index (χ4v) is 3.70. The van der Waals surface area contributed by atoms with Crippen LogP contribution < -0.4 is 4.31 Å². The van der Waals surface area contributed by atoms with Crippen molar-refractivity contribution in [3.63, 3.8) is 0 Å². The van der Waals surface area contributed by atoms with Crippen LogP contribution in [0.3, 0.4) is 0 Å². The number of nitrogens with zero attached hydrogens (tertiary/aromatic N) is 1. The monoisotopic (exact) mass is 353 g/mol. The lowest BCUT2D eigenvalue weighted by Crippen LogP contribution is -2.33. The quantitative estimate of drug-likeness (QED) is 0.864. The van der Waals surface area contributed by atoms with Crippen LogP contribution in [0.4, 0.5) is 5.69 Å². The van der Waals surface area contributed by atoms with Gasteiger partial charge in [-0.15, -0.1) is 0 Å². The first-order valence-electron chi connectivity index (χ1n) is 6.87. The predicted molar refractivity (Wildman–Crippen MR) is 89.4 cm³/mol. The average Bonchev–Trinajstić information content (AvgIpc) is 2.47. The number of anilines is 1. The van der Waals surface area contributed by atoms with E-state index in [-0.39, 0.29) is 17.9 Å². The van der Waals surface area contributed by atoms with Crippen LogP contribution in [0, 0.1) is 6.92 Å². The fraction of sp³-hybridized carbons (Fsp3) is 0.188. The molecule has 2 rings (SSSR count). The van der Waals surface area contributed by atoms with Gasteiger partial charge in [-0.2, -0.15) is 0 Å². The van der Waals surface area contributed by atoms with E-state index in [0.717, 1.165) is 9.87 Å². The molecule has 0 heterocycles. The molecule has 0 radical (unpaired) electrons. The molecule has 5 nitrogen and oxygen atoms in total. The van der Waals surface area contributed by atoms with E-state index in [4.69, 9.17) is 16.7 Å². The van der Waals surface area contributed by atoms with Crippen LogP contribution >= 0.6 is 11.6 Å². The van der Waals surface area contributed by atoms with Gasteiger partial charge in [0.15, 0.2) is 0 Å². The fourth-order valence-electron chi connectivity index (χ4n) is 2.05. The van der Waals surface area contributed by atoms with Crippen molar-refractivity contribution in [1.29, 1.82) is 0 Å². The third-order valence-corrected chi connectivity index (χ3v) is 5.31. The Bertz CT molecular complexity index is 803.